The number of nitrogens with zero attached hydrogens (tertiary/aromatic N) is 2. The first kappa shape index (κ1) is 13.5. The Labute approximate surface area is 114 Å². The Hall–Kier alpha value is -1.90. The molecule has 19 heavy (non-hydrogen) atoms. The van der Waals surface area contributed by atoms with E-state index < -0.39 is 0 Å². The topological polar surface area (TPSA) is 34.9 Å². The van der Waals surface area contributed by atoms with E-state index in [4.69, 9.17) is 0 Å². The third-order valence-electron chi connectivity index (χ3n) is 3.14. The predicted octanol–water partition coefficient (Wildman–Crippen LogP) is 3.35. The van der Waals surface area contributed by atoms with Crippen molar-refractivity contribution in [2.75, 3.05) is 0 Å². The van der Waals surface area contributed by atoms with Crippen LogP contribution in [0.5, 0.6) is 0 Å². The normalized spacial score (nSPS) is 10.6. The van der Waals surface area contributed by atoms with Crippen molar-refractivity contribution in [1.29, 1.82) is 0 Å². The van der Waals surface area contributed by atoms with E-state index in [2.05, 4.69) is 18.1 Å². The van der Waals surface area contributed by atoms with Crippen molar-refractivity contribution in [3.63, 3.8) is 0 Å². The summed E-state index contributed by atoms with van der Waals surface area (Å²) >= 11 is 0. The lowest BCUT2D eigenvalue weighted by Gasteiger charge is -2.05. The fourth-order valence-electron chi connectivity index (χ4n) is 2.13. The number of para-hydroxylation sites is 1. The molecule has 100 valence electrons. The zero-order valence-corrected chi connectivity index (χ0v) is 11.4. The summed E-state index contributed by atoms with van der Waals surface area (Å²) in [6.07, 6.45) is 5.59. The van der Waals surface area contributed by atoms with Crippen molar-refractivity contribution in [3.05, 3.63) is 47.8 Å². The third-order valence-corrected chi connectivity index (χ3v) is 3.14. The van der Waals surface area contributed by atoms with Crippen LogP contribution in [-0.2, 0) is 17.6 Å². The fraction of sp³-hybridized carbons (Fsp3) is 0.375. The minimum Gasteiger partial charge on any atom is -0.303 e. The highest BCUT2D eigenvalue weighted by molar-refractivity contribution is 5.50. The number of hydrogen-bond donors (Lipinski definition) is 0. The number of carbonyl (C=O) groups excluding carboxylic acids is 1. The van der Waals surface area contributed by atoms with Crippen molar-refractivity contribution in [3.8, 4) is 5.69 Å². The molecule has 1 aromatic heterocycles. The van der Waals surface area contributed by atoms with Gasteiger partial charge in [-0.2, -0.15) is 5.10 Å². The zero-order chi connectivity index (χ0) is 13.5. The smallest absolute Gasteiger partial charge is 0.120 e. The van der Waals surface area contributed by atoms with E-state index in [0.717, 1.165) is 42.6 Å². The van der Waals surface area contributed by atoms with Crippen LogP contribution >= 0.6 is 0 Å². The molecule has 0 unspecified atom stereocenters. The van der Waals surface area contributed by atoms with Crippen LogP contribution in [0.3, 0.4) is 0 Å². The second-order valence-electron chi connectivity index (χ2n) is 4.68. The van der Waals surface area contributed by atoms with Crippen LogP contribution in [0.4, 0.5) is 0 Å². The Morgan fingerprint density at radius 3 is 2.68 bits per heavy atom. The molecule has 0 spiro atoms. The minimum atomic E-state index is 0.547. The van der Waals surface area contributed by atoms with Gasteiger partial charge in [0, 0.05) is 12.1 Å². The number of aromatic nitrogens is 2. The Kier molecular flexibility index (Phi) is 4.90. The molecule has 0 bridgehead atoms. The van der Waals surface area contributed by atoms with Gasteiger partial charge >= 0.3 is 0 Å². The van der Waals surface area contributed by atoms with Crippen molar-refractivity contribution in [2.24, 2.45) is 0 Å². The molecular formula is C16H20N2O. The molecule has 0 amide bonds. The molecular weight excluding hydrogens is 236 g/mol. The van der Waals surface area contributed by atoms with Gasteiger partial charge in [0.15, 0.2) is 0 Å². The van der Waals surface area contributed by atoms with E-state index in [1.165, 1.54) is 6.42 Å². The van der Waals surface area contributed by atoms with Gasteiger partial charge in [0.25, 0.3) is 0 Å². The van der Waals surface area contributed by atoms with Gasteiger partial charge in [0.05, 0.1) is 11.4 Å². The highest BCUT2D eigenvalue weighted by atomic mass is 16.1. The summed E-state index contributed by atoms with van der Waals surface area (Å²) in [6, 6.07) is 12.2. The van der Waals surface area contributed by atoms with Gasteiger partial charge in [-0.25, -0.2) is 4.68 Å². The second kappa shape index (κ2) is 6.88. The molecule has 2 aromatic rings. The molecule has 0 aliphatic carbocycles. The maximum absolute atomic E-state index is 10.6. The van der Waals surface area contributed by atoms with Gasteiger partial charge in [-0.3, -0.25) is 0 Å². The zero-order valence-electron chi connectivity index (χ0n) is 11.4. The highest BCUT2D eigenvalue weighted by Gasteiger charge is 2.09. The van der Waals surface area contributed by atoms with Crippen LogP contribution in [0.25, 0.3) is 5.69 Å². The molecule has 0 radical (unpaired) electrons. The van der Waals surface area contributed by atoms with E-state index in [1.807, 2.05) is 35.0 Å². The van der Waals surface area contributed by atoms with Gasteiger partial charge in [-0.15, -0.1) is 0 Å². The van der Waals surface area contributed by atoms with Crippen LogP contribution in [-0.4, -0.2) is 16.1 Å². The van der Waals surface area contributed by atoms with Crippen molar-refractivity contribution < 1.29 is 4.79 Å². The third kappa shape index (κ3) is 3.53. The number of hydrogen-bond acceptors (Lipinski definition) is 2. The first-order valence-corrected chi connectivity index (χ1v) is 6.92. The predicted molar refractivity (Wildman–Crippen MR) is 76.6 cm³/mol. The molecule has 0 saturated carbocycles. The lowest BCUT2D eigenvalue weighted by Crippen LogP contribution is -2.02. The maximum atomic E-state index is 10.6. The molecule has 3 nitrogen and oxygen atoms in total. The molecule has 1 aromatic carbocycles. The monoisotopic (exact) mass is 256 g/mol. The molecule has 3 heteroatoms. The average Bonchev–Trinajstić information content (AvgIpc) is 2.87. The van der Waals surface area contributed by atoms with E-state index in [-0.39, 0.29) is 0 Å². The summed E-state index contributed by atoms with van der Waals surface area (Å²) in [5.74, 6) is 0. The average molecular weight is 256 g/mol. The van der Waals surface area contributed by atoms with E-state index in [9.17, 15) is 4.79 Å². The summed E-state index contributed by atoms with van der Waals surface area (Å²) in [5.41, 5.74) is 3.29. The van der Waals surface area contributed by atoms with Crippen molar-refractivity contribution in [2.45, 2.75) is 39.0 Å². The lowest BCUT2D eigenvalue weighted by molar-refractivity contribution is -0.107. The van der Waals surface area contributed by atoms with Gasteiger partial charge in [0.1, 0.15) is 6.29 Å². The maximum Gasteiger partial charge on any atom is 0.120 e. The van der Waals surface area contributed by atoms with Gasteiger partial charge < -0.3 is 4.79 Å². The van der Waals surface area contributed by atoms with Gasteiger partial charge in [-0.05, 0) is 37.5 Å². The van der Waals surface area contributed by atoms with Gasteiger partial charge in [-0.1, -0.05) is 31.5 Å². The molecule has 0 N–H and O–H groups in total. The molecule has 0 aliphatic heterocycles. The minimum absolute atomic E-state index is 0.547. The Balaban J connectivity index is 2.28. The van der Waals surface area contributed by atoms with Crippen LogP contribution in [0, 0.1) is 0 Å². The Morgan fingerprint density at radius 2 is 2.00 bits per heavy atom. The van der Waals surface area contributed by atoms with Crippen LogP contribution in [0.15, 0.2) is 36.4 Å². The molecule has 0 fully saturated rings. The summed E-state index contributed by atoms with van der Waals surface area (Å²) in [7, 11) is 0. The number of aldehydes is 1. The first-order chi connectivity index (χ1) is 9.35. The molecule has 0 atom stereocenters. The summed E-state index contributed by atoms with van der Waals surface area (Å²) in [6.45, 7) is 2.18. The fourth-order valence-corrected chi connectivity index (χ4v) is 2.13. The van der Waals surface area contributed by atoms with Crippen molar-refractivity contribution in [1.82, 2.24) is 9.78 Å². The van der Waals surface area contributed by atoms with E-state index >= 15 is 0 Å². The van der Waals surface area contributed by atoms with Crippen LogP contribution < -0.4 is 0 Å². The van der Waals surface area contributed by atoms with Crippen LogP contribution in [0.2, 0.25) is 0 Å². The SMILES string of the molecule is CCCCc1cc(CCC=O)n(-c2ccccc2)n1. The quantitative estimate of drug-likeness (QED) is 0.712. The Morgan fingerprint density at radius 1 is 1.21 bits per heavy atom. The number of carbonyl (C=O) groups is 1. The van der Waals surface area contributed by atoms with Gasteiger partial charge in [0.2, 0.25) is 0 Å². The lowest BCUT2D eigenvalue weighted by atomic mass is 10.1. The summed E-state index contributed by atoms with van der Waals surface area (Å²) in [4.78, 5) is 10.6. The first-order valence-electron chi connectivity index (χ1n) is 6.92. The molecule has 0 aliphatic rings. The van der Waals surface area contributed by atoms with E-state index in [1.54, 1.807) is 0 Å². The number of rotatable bonds is 7. The molecule has 2 rings (SSSR count). The molecule has 0 saturated heterocycles. The summed E-state index contributed by atoms with van der Waals surface area (Å²) < 4.78 is 1.97. The van der Waals surface area contributed by atoms with Crippen LogP contribution in [0.1, 0.15) is 37.6 Å². The molecule has 1 heterocycles. The van der Waals surface area contributed by atoms with E-state index in [0.29, 0.717) is 6.42 Å². The largest absolute Gasteiger partial charge is 0.303 e. The summed E-state index contributed by atoms with van der Waals surface area (Å²) in [5, 5.41) is 4.67. The number of unbranched alkanes of at least 4 members (excludes halogenated alkanes) is 1. The van der Waals surface area contributed by atoms with Crippen molar-refractivity contribution >= 4 is 6.29 Å². The number of benzene rings is 1. The second-order valence-corrected chi connectivity index (χ2v) is 4.68. The standard InChI is InChI=1S/C16H20N2O/c1-2-3-8-14-13-16(11-7-12-19)18(17-14)15-9-5-4-6-10-15/h4-6,9-10,12-13H,2-3,7-8,11H2,1H3. The number of aryl methyl sites for hydroxylation is 2. The Bertz CT molecular complexity index is 517. The highest BCUT2D eigenvalue weighted by Crippen LogP contribution is 2.15.